The van der Waals surface area contributed by atoms with Crippen molar-refractivity contribution in [3.63, 3.8) is 0 Å². The fourth-order valence-corrected chi connectivity index (χ4v) is 3.06. The maximum atomic E-state index is 12.8. The van der Waals surface area contributed by atoms with Gasteiger partial charge in [0.1, 0.15) is 0 Å². The van der Waals surface area contributed by atoms with Crippen molar-refractivity contribution in [2.75, 3.05) is 5.32 Å². The first-order chi connectivity index (χ1) is 12.3. The fraction of sp³-hybridized carbons (Fsp3) is 0.0588. The normalized spacial score (nSPS) is 11.8. The van der Waals surface area contributed by atoms with Crippen molar-refractivity contribution in [1.82, 2.24) is 15.0 Å². The number of aromatic nitrogens is 3. The molecule has 0 fully saturated rings. The van der Waals surface area contributed by atoms with Crippen molar-refractivity contribution in [2.45, 2.75) is 6.18 Å². The van der Waals surface area contributed by atoms with Crippen molar-refractivity contribution < 1.29 is 13.2 Å². The molecule has 0 aliphatic rings. The van der Waals surface area contributed by atoms with E-state index in [4.69, 9.17) is 18.2 Å². The van der Waals surface area contributed by atoms with E-state index in [-0.39, 0.29) is 11.5 Å². The van der Waals surface area contributed by atoms with E-state index in [2.05, 4.69) is 25.1 Å². The van der Waals surface area contributed by atoms with E-state index < -0.39 is 11.7 Å². The van der Waals surface area contributed by atoms with Crippen molar-refractivity contribution in [1.29, 1.82) is 0 Å². The highest BCUT2D eigenvalue weighted by atomic mass is 35.5. The summed E-state index contributed by atoms with van der Waals surface area (Å²) in [5.74, 6) is 0.284. The predicted molar refractivity (Wildman–Crippen MR) is 93.9 cm³/mol. The smallest absolute Gasteiger partial charge is 0.372 e. The van der Waals surface area contributed by atoms with Gasteiger partial charge >= 0.3 is 6.18 Å². The van der Waals surface area contributed by atoms with Gasteiger partial charge in [-0.15, -0.1) is 0 Å². The third-order valence-corrected chi connectivity index (χ3v) is 4.20. The Morgan fingerprint density at radius 2 is 1.96 bits per heavy atom. The van der Waals surface area contributed by atoms with Gasteiger partial charge in [0.2, 0.25) is 11.6 Å². The zero-order valence-electron chi connectivity index (χ0n) is 12.9. The summed E-state index contributed by atoms with van der Waals surface area (Å²) in [6.45, 7) is 7.13. The molecule has 0 amide bonds. The molecule has 0 saturated heterocycles. The second-order valence-corrected chi connectivity index (χ2v) is 6.01. The fourth-order valence-electron chi connectivity index (χ4n) is 2.74. The van der Waals surface area contributed by atoms with Gasteiger partial charge in [0.05, 0.1) is 23.2 Å². The van der Waals surface area contributed by atoms with Gasteiger partial charge in [0.25, 0.3) is 0 Å². The van der Waals surface area contributed by atoms with Crippen LogP contribution in [0, 0.1) is 6.57 Å². The van der Waals surface area contributed by atoms with Crippen LogP contribution in [0.1, 0.15) is 5.56 Å². The minimum Gasteiger partial charge on any atom is -0.372 e. The highest BCUT2D eigenvalue weighted by molar-refractivity contribution is 6.37. The molecule has 0 bridgehead atoms. The Kier molecular flexibility index (Phi) is 3.56. The van der Waals surface area contributed by atoms with Gasteiger partial charge in [-0.25, -0.2) is 9.83 Å². The van der Waals surface area contributed by atoms with Gasteiger partial charge in [0.15, 0.2) is 0 Å². The predicted octanol–water partition coefficient (Wildman–Crippen LogP) is 6.01. The lowest BCUT2D eigenvalue weighted by molar-refractivity contribution is -0.137. The number of halogens is 4. The largest absolute Gasteiger partial charge is 0.416 e. The number of hydrogen-bond donors (Lipinski definition) is 3. The molecule has 26 heavy (non-hydrogen) atoms. The van der Waals surface area contributed by atoms with E-state index in [1.807, 2.05) is 0 Å². The minimum atomic E-state index is -4.42. The molecule has 2 aromatic carbocycles. The van der Waals surface area contributed by atoms with Crippen LogP contribution in [-0.4, -0.2) is 15.0 Å². The molecule has 0 radical (unpaired) electrons. The molecule has 2 heterocycles. The van der Waals surface area contributed by atoms with Crippen LogP contribution in [0.5, 0.6) is 0 Å². The Morgan fingerprint density at radius 1 is 1.15 bits per heavy atom. The van der Waals surface area contributed by atoms with Gasteiger partial charge in [-0.1, -0.05) is 11.6 Å². The molecular formula is C17H9ClF3N5. The molecular weight excluding hydrogens is 367 g/mol. The second kappa shape index (κ2) is 5.68. The van der Waals surface area contributed by atoms with E-state index in [9.17, 15) is 13.2 Å². The number of H-pyrrole nitrogens is 2. The lowest BCUT2D eigenvalue weighted by Crippen LogP contribution is -2.04. The number of nitrogens with one attached hydrogen (secondary N) is 3. The average molecular weight is 376 g/mol. The Bertz CT molecular complexity index is 1180. The molecule has 2 aromatic heterocycles. The Hall–Kier alpha value is -3.18. The van der Waals surface area contributed by atoms with Gasteiger partial charge in [-0.3, -0.25) is 0 Å². The number of rotatable bonds is 2. The molecule has 0 saturated carbocycles. The average Bonchev–Trinajstić information content (AvgIpc) is 3.16. The highest BCUT2D eigenvalue weighted by Crippen LogP contribution is 2.36. The molecule has 4 rings (SSSR count). The zero-order valence-corrected chi connectivity index (χ0v) is 13.6. The number of hydrogen-bond acceptors (Lipinski definition) is 2. The number of imidazole rings is 1. The van der Waals surface area contributed by atoms with Crippen LogP contribution in [0.15, 0.2) is 36.5 Å². The van der Waals surface area contributed by atoms with Crippen molar-refractivity contribution in [2.24, 2.45) is 0 Å². The molecule has 0 spiro atoms. The maximum Gasteiger partial charge on any atom is 0.416 e. The molecule has 0 aliphatic carbocycles. The van der Waals surface area contributed by atoms with Gasteiger partial charge in [-0.2, -0.15) is 13.2 Å². The second-order valence-electron chi connectivity index (χ2n) is 5.61. The van der Waals surface area contributed by atoms with Crippen LogP contribution >= 0.6 is 11.6 Å². The van der Waals surface area contributed by atoms with E-state index >= 15 is 0 Å². The molecule has 4 aromatic rings. The van der Waals surface area contributed by atoms with Crippen LogP contribution < -0.4 is 5.32 Å². The van der Waals surface area contributed by atoms with Crippen LogP contribution in [0.4, 0.5) is 30.5 Å². The number of aromatic amines is 2. The Labute approximate surface area is 149 Å². The first kappa shape index (κ1) is 16.3. The van der Waals surface area contributed by atoms with Gasteiger partial charge < -0.3 is 15.3 Å². The lowest BCUT2D eigenvalue weighted by Gasteiger charge is -2.05. The summed E-state index contributed by atoms with van der Waals surface area (Å²) in [4.78, 5) is 13.4. The molecule has 5 nitrogen and oxygen atoms in total. The third kappa shape index (κ3) is 2.72. The summed E-state index contributed by atoms with van der Waals surface area (Å²) >= 11 is 6.24. The maximum absolute atomic E-state index is 12.8. The number of benzene rings is 2. The van der Waals surface area contributed by atoms with Crippen LogP contribution in [0.25, 0.3) is 26.8 Å². The van der Waals surface area contributed by atoms with Crippen molar-refractivity contribution in [3.05, 3.63) is 58.5 Å². The molecule has 3 N–H and O–H groups in total. The first-order valence-corrected chi connectivity index (χ1v) is 7.75. The Balaban J connectivity index is 1.71. The number of anilines is 2. The molecule has 0 unspecified atom stereocenters. The van der Waals surface area contributed by atoms with Gasteiger partial charge in [-0.05, 0) is 30.3 Å². The molecule has 130 valence electrons. The van der Waals surface area contributed by atoms with Crippen LogP contribution in [0.3, 0.4) is 0 Å². The number of fused-ring (bicyclic) bond motifs is 2. The van der Waals surface area contributed by atoms with E-state index in [0.717, 1.165) is 12.1 Å². The quantitative estimate of drug-likeness (QED) is 0.376. The zero-order chi connectivity index (χ0) is 18.5. The number of alkyl halides is 3. The van der Waals surface area contributed by atoms with Gasteiger partial charge in [0, 0.05) is 27.8 Å². The van der Waals surface area contributed by atoms with E-state index in [1.54, 1.807) is 18.3 Å². The monoisotopic (exact) mass is 375 g/mol. The highest BCUT2D eigenvalue weighted by Gasteiger charge is 2.30. The third-order valence-electron chi connectivity index (χ3n) is 3.90. The summed E-state index contributed by atoms with van der Waals surface area (Å²) in [7, 11) is 0. The molecule has 0 atom stereocenters. The minimum absolute atomic E-state index is 0.268. The summed E-state index contributed by atoms with van der Waals surface area (Å²) in [6, 6.07) is 6.67. The summed E-state index contributed by atoms with van der Waals surface area (Å²) in [5, 5.41) is 3.98. The first-order valence-electron chi connectivity index (χ1n) is 7.37. The van der Waals surface area contributed by atoms with Crippen LogP contribution in [-0.2, 0) is 6.18 Å². The lowest BCUT2D eigenvalue weighted by atomic mass is 10.2. The summed E-state index contributed by atoms with van der Waals surface area (Å²) in [6.07, 6.45) is -2.85. The SMILES string of the molecule is [C-]#[N+]c1c[nH]c2cc(Nc3nc4ccc(C(F)(F)F)cc4[nH]3)cc(Cl)c12. The van der Waals surface area contributed by atoms with E-state index in [1.165, 1.54) is 6.07 Å². The summed E-state index contributed by atoms with van der Waals surface area (Å²) < 4.78 is 38.4. The summed E-state index contributed by atoms with van der Waals surface area (Å²) in [5.41, 5.74) is 1.59. The number of nitrogens with zero attached hydrogens (tertiary/aromatic N) is 2. The molecule has 0 aliphatic heterocycles. The van der Waals surface area contributed by atoms with E-state index in [0.29, 0.717) is 32.8 Å². The van der Waals surface area contributed by atoms with Crippen LogP contribution in [0.2, 0.25) is 5.02 Å². The van der Waals surface area contributed by atoms with Crippen molar-refractivity contribution in [3.8, 4) is 0 Å². The standard InChI is InChI=1S/C17H9ClF3N5/c1-22-14-7-23-13-6-9(5-10(18)15(13)14)24-16-25-11-3-2-8(17(19,20)21)4-12(11)26-16/h2-7,23H,(H2,24,25,26). The van der Waals surface area contributed by atoms with Crippen molar-refractivity contribution >= 4 is 50.9 Å². The molecule has 9 heteroatoms. The topological polar surface area (TPSA) is 60.9 Å². The Morgan fingerprint density at radius 3 is 2.69 bits per heavy atom.